The van der Waals surface area contributed by atoms with Crippen molar-refractivity contribution in [3.63, 3.8) is 0 Å². The van der Waals surface area contributed by atoms with Crippen LogP contribution in [-0.2, 0) is 6.18 Å². The molecule has 14 heavy (non-hydrogen) atoms. The second-order valence-corrected chi connectivity index (χ2v) is 1.78. The van der Waals surface area contributed by atoms with Gasteiger partial charge in [0.05, 0.1) is 0 Å². The van der Waals surface area contributed by atoms with Gasteiger partial charge in [-0.05, 0) is 0 Å². The summed E-state index contributed by atoms with van der Waals surface area (Å²) in [6, 6.07) is 0. The number of alkyl halides is 3. The predicted molar refractivity (Wildman–Crippen MR) is 34.6 cm³/mol. The molecule has 0 atom stereocenters. The van der Waals surface area contributed by atoms with Gasteiger partial charge in [-0.2, -0.15) is 18.2 Å². The molecular formula is C3H4F3N5O3. The first-order valence-corrected chi connectivity index (χ1v) is 2.82. The molecule has 0 bridgehead atoms. The highest BCUT2D eigenvalue weighted by Gasteiger charge is 2.34. The Labute approximate surface area is 73.7 Å². The van der Waals surface area contributed by atoms with Gasteiger partial charge in [-0.1, -0.05) is 0 Å². The summed E-state index contributed by atoms with van der Waals surface area (Å²) < 4.78 is 34.8. The minimum atomic E-state index is -4.50. The number of halogens is 3. The third-order valence-corrected chi connectivity index (χ3v) is 0.771. The second kappa shape index (κ2) is 4.25. The van der Waals surface area contributed by atoms with Crippen LogP contribution in [-0.4, -0.2) is 25.5 Å². The molecule has 0 aliphatic carbocycles. The molecule has 1 aromatic heterocycles. The number of nitrogens with zero attached hydrogens (tertiary/aromatic N) is 3. The topological polar surface area (TPSA) is 131 Å². The van der Waals surface area contributed by atoms with Crippen molar-refractivity contribution in [2.75, 3.05) is 5.73 Å². The Bertz CT molecular complexity index is 305. The van der Waals surface area contributed by atoms with E-state index in [0.717, 1.165) is 0 Å². The number of rotatable bonds is 0. The molecule has 0 amide bonds. The standard InChI is InChI=1S/C3H3F3N4.HNO3/c4-3(5,6)1-8-2(7)10-9-1;2-1(3)4/h(H3,7,8,9,10);(H,2,3,4). The molecule has 0 aromatic carbocycles. The van der Waals surface area contributed by atoms with E-state index in [4.69, 9.17) is 21.1 Å². The minimum absolute atomic E-state index is 0.410. The molecule has 8 nitrogen and oxygen atoms in total. The van der Waals surface area contributed by atoms with Gasteiger partial charge in [0.15, 0.2) is 0 Å². The van der Waals surface area contributed by atoms with Gasteiger partial charge in [0, 0.05) is 0 Å². The molecule has 0 fully saturated rings. The van der Waals surface area contributed by atoms with E-state index in [1.54, 1.807) is 5.10 Å². The Morgan fingerprint density at radius 1 is 1.57 bits per heavy atom. The van der Waals surface area contributed by atoms with Crippen LogP contribution < -0.4 is 5.73 Å². The average Bonchev–Trinajstić information content (AvgIpc) is 2.32. The fourth-order valence-corrected chi connectivity index (χ4v) is 0.402. The lowest BCUT2D eigenvalue weighted by molar-refractivity contribution is -0.742. The van der Waals surface area contributed by atoms with E-state index in [1.807, 2.05) is 0 Å². The van der Waals surface area contributed by atoms with Crippen LogP contribution in [0.1, 0.15) is 5.82 Å². The lowest BCUT2D eigenvalue weighted by Gasteiger charge is -1.97. The molecule has 1 heterocycles. The number of anilines is 1. The Hall–Kier alpha value is -2.07. The molecule has 0 saturated heterocycles. The molecule has 0 aliphatic heterocycles. The van der Waals surface area contributed by atoms with Gasteiger partial charge in [-0.25, -0.2) is 0 Å². The maximum absolute atomic E-state index is 11.6. The zero-order chi connectivity index (χ0) is 11.4. The molecule has 11 heteroatoms. The van der Waals surface area contributed by atoms with E-state index in [1.165, 1.54) is 0 Å². The minimum Gasteiger partial charge on any atom is -0.366 e. The number of aromatic nitrogens is 3. The highest BCUT2D eigenvalue weighted by atomic mass is 19.4. The summed E-state index contributed by atoms with van der Waals surface area (Å²) in [5, 5.41) is 18.3. The van der Waals surface area contributed by atoms with Crippen molar-refractivity contribution < 1.29 is 23.5 Å². The normalized spacial score (nSPS) is 10.2. The van der Waals surface area contributed by atoms with Crippen LogP contribution in [0.4, 0.5) is 19.1 Å². The van der Waals surface area contributed by atoms with Crippen molar-refractivity contribution in [2.45, 2.75) is 6.18 Å². The van der Waals surface area contributed by atoms with Crippen molar-refractivity contribution in [3.8, 4) is 0 Å². The molecule has 80 valence electrons. The summed E-state index contributed by atoms with van der Waals surface area (Å²) in [7, 11) is 0. The Kier molecular flexibility index (Phi) is 3.62. The van der Waals surface area contributed by atoms with Crippen molar-refractivity contribution >= 4 is 5.95 Å². The molecule has 1 rings (SSSR count). The van der Waals surface area contributed by atoms with Crippen LogP contribution in [0.3, 0.4) is 0 Å². The quantitative estimate of drug-likeness (QED) is 0.414. The summed E-state index contributed by atoms with van der Waals surface area (Å²) in [5.41, 5.74) is 4.82. The first-order valence-electron chi connectivity index (χ1n) is 2.82. The van der Waals surface area contributed by atoms with Gasteiger partial charge in [-0.3, -0.25) is 5.10 Å². The number of H-pyrrole nitrogens is 1. The summed E-state index contributed by atoms with van der Waals surface area (Å²) in [5.74, 6) is -1.59. The molecule has 0 unspecified atom stereocenters. The number of hydrogen-bond acceptors (Lipinski definition) is 5. The fraction of sp³-hybridized carbons (Fsp3) is 0.333. The van der Waals surface area contributed by atoms with E-state index in [2.05, 4.69) is 10.1 Å². The fourth-order valence-electron chi connectivity index (χ4n) is 0.402. The molecule has 1 aromatic rings. The van der Waals surface area contributed by atoms with Crippen LogP contribution >= 0.6 is 0 Å². The molecule has 0 spiro atoms. The molecule has 0 saturated carbocycles. The molecule has 4 N–H and O–H groups in total. The summed E-state index contributed by atoms with van der Waals surface area (Å²) in [4.78, 5) is 11.2. The monoisotopic (exact) mass is 215 g/mol. The number of nitrogens with two attached hydrogens (primary N) is 1. The van der Waals surface area contributed by atoms with E-state index in [9.17, 15) is 13.2 Å². The van der Waals surface area contributed by atoms with Gasteiger partial charge < -0.3 is 10.9 Å². The zero-order valence-electron chi connectivity index (χ0n) is 6.32. The van der Waals surface area contributed by atoms with Gasteiger partial charge >= 0.3 is 6.18 Å². The number of nitrogens with one attached hydrogen (secondary N) is 1. The molecular weight excluding hydrogens is 211 g/mol. The van der Waals surface area contributed by atoms with Crippen molar-refractivity contribution in [1.29, 1.82) is 0 Å². The average molecular weight is 215 g/mol. The van der Waals surface area contributed by atoms with Gasteiger partial charge in [0.1, 0.15) is 0 Å². The lowest BCUT2D eigenvalue weighted by Crippen LogP contribution is -2.07. The summed E-state index contributed by atoms with van der Waals surface area (Å²) >= 11 is 0. The van der Waals surface area contributed by atoms with Gasteiger partial charge in [0.2, 0.25) is 11.8 Å². The zero-order valence-corrected chi connectivity index (χ0v) is 6.32. The van der Waals surface area contributed by atoms with E-state index in [0.29, 0.717) is 0 Å². The molecule has 0 radical (unpaired) electrons. The Balaban J connectivity index is 0.000000364. The van der Waals surface area contributed by atoms with Crippen molar-refractivity contribution in [2.24, 2.45) is 0 Å². The van der Waals surface area contributed by atoms with E-state index >= 15 is 0 Å². The van der Waals surface area contributed by atoms with E-state index in [-0.39, 0.29) is 0 Å². The van der Waals surface area contributed by atoms with Crippen molar-refractivity contribution in [3.05, 3.63) is 15.9 Å². The van der Waals surface area contributed by atoms with E-state index < -0.39 is 23.0 Å². The predicted octanol–water partition coefficient (Wildman–Crippen LogP) is 0.0580. The first-order chi connectivity index (χ1) is 6.23. The molecule has 0 aliphatic rings. The third kappa shape index (κ3) is 4.74. The van der Waals surface area contributed by atoms with Crippen LogP contribution in [0.5, 0.6) is 0 Å². The van der Waals surface area contributed by atoms with Crippen LogP contribution in [0, 0.1) is 10.1 Å². The van der Waals surface area contributed by atoms with Crippen LogP contribution in [0.2, 0.25) is 0 Å². The van der Waals surface area contributed by atoms with Crippen LogP contribution in [0.25, 0.3) is 0 Å². The third-order valence-electron chi connectivity index (χ3n) is 0.771. The Morgan fingerprint density at radius 3 is 2.14 bits per heavy atom. The summed E-state index contributed by atoms with van der Waals surface area (Å²) in [6.45, 7) is 0. The SMILES string of the molecule is Nc1n[nH]c(C(F)(F)F)n1.O=[N+]([O-])O. The first kappa shape index (κ1) is 11.9. The number of aromatic amines is 1. The Morgan fingerprint density at radius 2 is 2.00 bits per heavy atom. The maximum Gasteiger partial charge on any atom is 0.451 e. The highest BCUT2D eigenvalue weighted by molar-refractivity contribution is 5.13. The number of nitrogen functional groups attached to an aromatic ring is 1. The van der Waals surface area contributed by atoms with Crippen LogP contribution in [0.15, 0.2) is 0 Å². The largest absolute Gasteiger partial charge is 0.451 e. The number of hydrogen-bond donors (Lipinski definition) is 3. The van der Waals surface area contributed by atoms with Crippen molar-refractivity contribution in [1.82, 2.24) is 15.2 Å². The summed E-state index contributed by atoms with van der Waals surface area (Å²) in [6.07, 6.45) is -4.50. The maximum atomic E-state index is 11.6. The second-order valence-electron chi connectivity index (χ2n) is 1.78. The smallest absolute Gasteiger partial charge is 0.366 e. The van der Waals surface area contributed by atoms with Gasteiger partial charge in [0.25, 0.3) is 5.09 Å². The lowest BCUT2D eigenvalue weighted by atomic mass is 10.6. The highest BCUT2D eigenvalue weighted by Crippen LogP contribution is 2.25. The van der Waals surface area contributed by atoms with Gasteiger partial charge in [-0.15, -0.1) is 15.2 Å².